The van der Waals surface area contributed by atoms with Crippen LogP contribution < -0.4 is 25.9 Å². The first-order chi connectivity index (χ1) is 50.0. The molecule has 7 aliphatic rings. The summed E-state index contributed by atoms with van der Waals surface area (Å²) < 4.78 is 98.8. The van der Waals surface area contributed by atoms with E-state index in [9.17, 15) is 102 Å². The number of carbonyl (C=O) groups excluding carboxylic acids is 12. The van der Waals surface area contributed by atoms with Crippen LogP contribution in [0.4, 0.5) is 0 Å². The molecule has 0 aromatic rings. The van der Waals surface area contributed by atoms with Crippen molar-refractivity contribution in [1.82, 2.24) is 40.6 Å². The monoisotopic (exact) mass is 1650 g/mol. The molecule has 0 aliphatic carbocycles. The van der Waals surface area contributed by atoms with Gasteiger partial charge in [-0.05, 0) is 118 Å². The van der Waals surface area contributed by atoms with Crippen LogP contribution >= 0.6 is 54.3 Å². The van der Waals surface area contributed by atoms with Crippen LogP contribution in [0.1, 0.15) is 102 Å². The van der Waals surface area contributed by atoms with Crippen molar-refractivity contribution < 1.29 is 153 Å². The first-order valence-electron chi connectivity index (χ1n) is 33.3. The first-order valence-corrected chi connectivity index (χ1v) is 43.0. The second-order valence-corrected chi connectivity index (χ2v) is 39.3. The third-order valence-corrected chi connectivity index (χ3v) is 28.2. The molecule has 608 valence electrons. The van der Waals surface area contributed by atoms with E-state index in [1.165, 1.54) is 58.7 Å². The molecule has 0 bridgehead atoms. The van der Waals surface area contributed by atoms with Crippen LogP contribution in [0, 0.1) is 5.92 Å². The molecule has 0 radical (unpaired) electrons. The highest BCUT2D eigenvalue weighted by atomic mass is 32.7. The number of carbonyl (C=O) groups is 12. The van der Waals surface area contributed by atoms with Gasteiger partial charge in [-0.1, -0.05) is 18.0 Å². The number of hydrogen-bond acceptors (Lipinski definition) is 36. The summed E-state index contributed by atoms with van der Waals surface area (Å²) in [7, 11) is 2.30. The molecule has 0 spiro atoms. The lowest BCUT2D eigenvalue weighted by Crippen LogP contribution is -2.54. The first kappa shape index (κ1) is 92.7. The largest absolute Gasteiger partial charge is 0.468 e. The molecule has 7 rings (SSSR count). The van der Waals surface area contributed by atoms with E-state index in [4.69, 9.17) is 42.0 Å². The second-order valence-electron chi connectivity index (χ2n) is 26.5. The molecule has 4 fully saturated rings. The number of nitrogens with one attached hydrogen (secondary N) is 5. The molecular formula is C62H95N8O32P3S3. The Bertz CT molecular complexity index is 3460. The van der Waals surface area contributed by atoms with Crippen LogP contribution in [-0.4, -0.2) is 276 Å². The van der Waals surface area contributed by atoms with Crippen LogP contribution in [0.5, 0.6) is 0 Å². The number of allylic oxidation sites excluding steroid dienone is 2. The molecule has 19 atom stereocenters. The molecule has 4 saturated heterocycles. The number of aliphatic hydroxyl groups is 6. The number of nitrogens with zero attached hydrogens (tertiary/aromatic N) is 3. The highest BCUT2D eigenvalue weighted by Gasteiger charge is 2.59. The van der Waals surface area contributed by atoms with Gasteiger partial charge in [-0.15, -0.1) is 0 Å². The fourth-order valence-electron chi connectivity index (χ4n) is 10.4. The van der Waals surface area contributed by atoms with Crippen molar-refractivity contribution in [2.24, 2.45) is 5.92 Å². The third kappa shape index (κ3) is 25.6. The highest BCUT2D eigenvalue weighted by molar-refractivity contribution is 8.56. The van der Waals surface area contributed by atoms with Crippen LogP contribution in [0.3, 0.4) is 0 Å². The zero-order valence-electron chi connectivity index (χ0n) is 61.5. The van der Waals surface area contributed by atoms with Gasteiger partial charge in [-0.25, -0.2) is 15.3 Å². The molecule has 46 heteroatoms. The number of aliphatic hydroxyl groups excluding tert-OH is 3. The Morgan fingerprint density at radius 1 is 0.546 bits per heavy atom. The number of methoxy groups -OCH3 is 2. The van der Waals surface area contributed by atoms with Crippen molar-refractivity contribution in [3.8, 4) is 0 Å². The minimum Gasteiger partial charge on any atom is -0.468 e. The third-order valence-electron chi connectivity index (χ3n) is 16.1. The molecule has 1 unspecified atom stereocenters. The van der Waals surface area contributed by atoms with E-state index < -0.39 is 238 Å². The zero-order chi connectivity index (χ0) is 81.5. The molecule has 108 heavy (non-hydrogen) atoms. The van der Waals surface area contributed by atoms with E-state index in [1.807, 2.05) is 0 Å². The fraction of sp³-hybridized carbons (Fsp3) is 0.677. The van der Waals surface area contributed by atoms with Gasteiger partial charge in [0.15, 0.2) is 30.3 Å². The SMILES string of the molecule is C=C1NC(=O)C=CN1[C@@H]1O[C@H](CO[P@](=O)(N[C@H](C)C(=O)OC(C)C)SCC2CC(=O)NC2=O)[C@@H](O)[C@@]1(C)O.COC(=O)CS[P@@](=O)(N[C@H](C)C(=O)OC(C)C)OC[C@H]1O[C@@H](N2C=CC(=O)CC2=O)[C@](C)(O)[C@@H]1O.COC(=O)CS[P@](=O)(N[C@H](C)C(=O)OC(C)C)OC[C@H]1O[C@@H](N2C=CC(=O)CC2=O)[C@](C)(O)[C@@H]1O. The number of esters is 5. The van der Waals surface area contributed by atoms with E-state index in [0.717, 1.165) is 60.0 Å². The summed E-state index contributed by atoms with van der Waals surface area (Å²) >= 11 is 1.85. The summed E-state index contributed by atoms with van der Waals surface area (Å²) in [6, 6.07) is -3.22. The maximum absolute atomic E-state index is 13.8. The Balaban J connectivity index is 0.000000291. The van der Waals surface area contributed by atoms with E-state index in [1.54, 1.807) is 41.5 Å². The molecule has 7 heterocycles. The summed E-state index contributed by atoms with van der Waals surface area (Å²) in [6.07, 6.45) is -7.24. The van der Waals surface area contributed by atoms with Gasteiger partial charge < -0.3 is 92.3 Å². The Labute approximate surface area is 633 Å². The molecule has 40 nitrogen and oxygen atoms in total. The predicted octanol–water partition coefficient (Wildman–Crippen LogP) is -0.112. The standard InChI is InChI=1S/C22H33N4O10PS.2C20H31N2O11PS/c1-11(2)35-20(31)12(3)25-37(33,38-10-14-8-17(28)24-19(14)30)34-9-15-18(29)22(5,32)21(36-15)26-7-6-16(27)23-13(26)4;2*1-11(2)32-18(27)12(3)21-34(29,35-10-16(25)30-5)31-9-14-17(26)20(4,28)19(33-14)22-7-6-13(23)8-15(22)24/h6-7,11-12,14-15,18,21,29,32H,4,8-10H2,1-3,5H3,(H,23,27)(H,25,33)(H,24,28,30);2*6-7,11-12,14,17,19,26,28H,8-10H2,1-5H3,(H,21,29)/t12-,14?,15-,18-,21-,22-,37-;12-,14-,17-,19-,20-,34+;12-,14-,17-,19-,20-,34-/m111/s1. The molecular weight excluding hydrogens is 1560 g/mol. The average molecular weight is 1650 g/mol. The number of ether oxygens (including phenoxy) is 8. The minimum absolute atomic E-state index is 0.0552. The highest BCUT2D eigenvalue weighted by Crippen LogP contribution is 2.59. The summed E-state index contributed by atoms with van der Waals surface area (Å²) in [5, 5.41) is 77.0. The quantitative estimate of drug-likeness (QED) is 0.0134. The maximum atomic E-state index is 13.8. The molecule has 0 aromatic heterocycles. The van der Waals surface area contributed by atoms with Gasteiger partial charge in [0.25, 0.3) is 5.91 Å². The molecule has 7 aliphatic heterocycles. The van der Waals surface area contributed by atoms with Gasteiger partial charge in [0, 0.05) is 36.8 Å². The Morgan fingerprint density at radius 2 is 0.870 bits per heavy atom. The number of hydrogen-bond donors (Lipinski definition) is 11. The van der Waals surface area contributed by atoms with Gasteiger partial charge in [0.05, 0.1) is 71.1 Å². The van der Waals surface area contributed by atoms with Crippen molar-refractivity contribution in [2.45, 2.75) is 211 Å². The predicted molar refractivity (Wildman–Crippen MR) is 380 cm³/mol. The van der Waals surface area contributed by atoms with Crippen molar-refractivity contribution in [1.29, 1.82) is 0 Å². The smallest absolute Gasteiger partial charge is 0.327 e. The molecule has 0 aromatic carbocycles. The van der Waals surface area contributed by atoms with Gasteiger partial charge in [0.1, 0.15) is 88.9 Å². The lowest BCUT2D eigenvalue weighted by Gasteiger charge is -2.37. The maximum Gasteiger partial charge on any atom is 0.327 e. The average Bonchev–Trinajstić information content (AvgIpc) is 1.63. The Kier molecular flexibility index (Phi) is 34.0. The van der Waals surface area contributed by atoms with Gasteiger partial charge in [0.2, 0.25) is 23.6 Å². The fourth-order valence-corrected chi connectivity index (χ4v) is 21.4. The number of amides is 5. The van der Waals surface area contributed by atoms with Crippen molar-refractivity contribution in [3.05, 3.63) is 49.2 Å². The number of rotatable bonds is 33. The van der Waals surface area contributed by atoms with E-state index in [-0.39, 0.29) is 29.5 Å². The van der Waals surface area contributed by atoms with E-state index >= 15 is 0 Å². The van der Waals surface area contributed by atoms with Crippen molar-refractivity contribution in [2.75, 3.05) is 51.3 Å². The topological polar surface area (TPSA) is 549 Å². The summed E-state index contributed by atoms with van der Waals surface area (Å²) in [5.74, 6) is -8.35. The van der Waals surface area contributed by atoms with Crippen LogP contribution in [0.25, 0.3) is 0 Å². The van der Waals surface area contributed by atoms with Crippen LogP contribution in [-0.2, 0) is 123 Å². The minimum atomic E-state index is -3.98. The van der Waals surface area contributed by atoms with E-state index in [0.29, 0.717) is 22.8 Å². The molecule has 5 amide bonds. The van der Waals surface area contributed by atoms with Crippen molar-refractivity contribution >= 4 is 125 Å². The zero-order valence-corrected chi connectivity index (χ0v) is 66.6. The summed E-state index contributed by atoms with van der Waals surface area (Å²) in [5.41, 5.74) is -5.77. The van der Waals surface area contributed by atoms with Gasteiger partial charge in [-0.3, -0.25) is 86.3 Å². The normalized spacial score (nSPS) is 30.2. The summed E-state index contributed by atoms with van der Waals surface area (Å²) in [6.45, 7) is 8.16. The van der Waals surface area contributed by atoms with E-state index in [2.05, 4.69) is 41.9 Å². The Morgan fingerprint density at radius 3 is 1.17 bits per heavy atom. The lowest BCUT2D eigenvalue weighted by atomic mass is 9.95. The van der Waals surface area contributed by atoms with Gasteiger partial charge >= 0.3 is 50.0 Å². The van der Waals surface area contributed by atoms with Crippen molar-refractivity contribution in [3.63, 3.8) is 0 Å². The Hall–Kier alpha value is -5.86. The van der Waals surface area contributed by atoms with Crippen LogP contribution in [0.2, 0.25) is 0 Å². The molecule has 0 saturated carbocycles. The second kappa shape index (κ2) is 39.5. The summed E-state index contributed by atoms with van der Waals surface area (Å²) in [4.78, 5) is 146. The van der Waals surface area contributed by atoms with Gasteiger partial charge in [-0.2, -0.15) is 0 Å². The van der Waals surface area contributed by atoms with Crippen LogP contribution in [0.15, 0.2) is 49.2 Å². The molecule has 11 N–H and O–H groups in total. The lowest BCUT2D eigenvalue weighted by molar-refractivity contribution is -0.158. The number of imide groups is 1. The number of ketones is 2.